The van der Waals surface area contributed by atoms with Crippen molar-refractivity contribution in [3.05, 3.63) is 36.0 Å². The van der Waals surface area contributed by atoms with E-state index in [1.165, 1.54) is 16.5 Å². The summed E-state index contributed by atoms with van der Waals surface area (Å²) in [7, 11) is 3.79. The van der Waals surface area contributed by atoms with Crippen molar-refractivity contribution in [2.45, 2.75) is 49.9 Å². The van der Waals surface area contributed by atoms with Crippen LogP contribution in [-0.2, 0) is 27.9 Å². The topological polar surface area (TPSA) is 46.9 Å². The van der Waals surface area contributed by atoms with Gasteiger partial charge < -0.3 is 18.9 Å². The van der Waals surface area contributed by atoms with E-state index >= 15 is 0 Å². The van der Waals surface area contributed by atoms with Gasteiger partial charge in [-0.25, -0.2) is 0 Å². The minimum atomic E-state index is -0.278. The first-order valence-corrected chi connectivity index (χ1v) is 10.8. The molecule has 4 heterocycles. The molecule has 1 amide bonds. The normalized spacial score (nSPS) is 25.7. The van der Waals surface area contributed by atoms with Gasteiger partial charge >= 0.3 is 0 Å². The lowest BCUT2D eigenvalue weighted by atomic mass is 9.72. The molecular formula is C23H31N3O3. The quantitative estimate of drug-likeness (QED) is 0.744. The highest BCUT2D eigenvalue weighted by molar-refractivity contribution is 5.91. The number of amides is 1. The van der Waals surface area contributed by atoms with Crippen LogP contribution in [0.3, 0.4) is 0 Å². The van der Waals surface area contributed by atoms with Crippen LogP contribution >= 0.6 is 0 Å². The molecule has 3 aliphatic rings. The Balaban J connectivity index is 1.26. The summed E-state index contributed by atoms with van der Waals surface area (Å²) >= 11 is 0. The molecule has 0 aliphatic carbocycles. The molecule has 156 valence electrons. The first kappa shape index (κ1) is 19.1. The molecule has 3 saturated heterocycles. The van der Waals surface area contributed by atoms with E-state index in [0.717, 1.165) is 58.5 Å². The molecule has 6 nitrogen and oxygen atoms in total. The van der Waals surface area contributed by atoms with Gasteiger partial charge in [0.1, 0.15) is 0 Å². The Morgan fingerprint density at radius 3 is 2.62 bits per heavy atom. The van der Waals surface area contributed by atoms with Crippen molar-refractivity contribution in [3.8, 4) is 0 Å². The van der Waals surface area contributed by atoms with Crippen LogP contribution in [0.2, 0.25) is 0 Å². The number of para-hydroxylation sites is 1. The SMILES string of the molecule is COC1C(=O)N(C2CCN(Cc3cn(C)c4ccccc34)CC2)C12CCOCC2. The summed E-state index contributed by atoms with van der Waals surface area (Å²) in [5, 5.41) is 1.35. The summed E-state index contributed by atoms with van der Waals surface area (Å²) in [5.41, 5.74) is 2.55. The van der Waals surface area contributed by atoms with Crippen molar-refractivity contribution in [1.82, 2.24) is 14.4 Å². The van der Waals surface area contributed by atoms with Gasteiger partial charge in [0.25, 0.3) is 5.91 Å². The minimum absolute atomic E-state index is 0.132. The van der Waals surface area contributed by atoms with Gasteiger partial charge in [-0.1, -0.05) is 18.2 Å². The highest BCUT2D eigenvalue weighted by atomic mass is 16.5. The van der Waals surface area contributed by atoms with Crippen molar-refractivity contribution < 1.29 is 14.3 Å². The fraction of sp³-hybridized carbons (Fsp3) is 0.609. The van der Waals surface area contributed by atoms with Crippen LogP contribution < -0.4 is 0 Å². The van der Waals surface area contributed by atoms with Crippen LogP contribution in [0, 0.1) is 0 Å². The average molecular weight is 398 g/mol. The number of benzene rings is 1. The second-order valence-corrected chi connectivity index (χ2v) is 8.83. The van der Waals surface area contributed by atoms with E-state index in [0.29, 0.717) is 6.04 Å². The predicted molar refractivity (Wildman–Crippen MR) is 112 cm³/mol. The lowest BCUT2D eigenvalue weighted by molar-refractivity contribution is -0.214. The molecule has 1 unspecified atom stereocenters. The number of rotatable bonds is 4. The number of carbonyl (C=O) groups is 1. The molecule has 2 aromatic rings. The lowest BCUT2D eigenvalue weighted by Gasteiger charge is -2.61. The summed E-state index contributed by atoms with van der Waals surface area (Å²) in [4.78, 5) is 17.5. The Morgan fingerprint density at radius 2 is 1.90 bits per heavy atom. The first-order chi connectivity index (χ1) is 14.1. The van der Waals surface area contributed by atoms with Crippen LogP contribution in [-0.4, -0.2) is 71.4 Å². The molecule has 29 heavy (non-hydrogen) atoms. The van der Waals surface area contributed by atoms with Crippen LogP contribution in [0.15, 0.2) is 30.5 Å². The van der Waals surface area contributed by atoms with Crippen molar-refractivity contribution in [3.63, 3.8) is 0 Å². The van der Waals surface area contributed by atoms with Gasteiger partial charge in [-0.3, -0.25) is 9.69 Å². The third kappa shape index (κ3) is 3.00. The maximum atomic E-state index is 12.8. The fourth-order valence-corrected chi connectivity index (χ4v) is 5.86. The number of aromatic nitrogens is 1. The monoisotopic (exact) mass is 397 g/mol. The number of β-lactam (4-membered cyclic amide) rings is 1. The summed E-state index contributed by atoms with van der Waals surface area (Å²) in [6.45, 7) is 4.48. The van der Waals surface area contributed by atoms with E-state index in [-0.39, 0.29) is 17.6 Å². The second kappa shape index (κ2) is 7.42. The Hall–Kier alpha value is -1.89. The number of ether oxygens (including phenoxy) is 2. The zero-order valence-electron chi connectivity index (χ0n) is 17.5. The Bertz CT molecular complexity index is 894. The molecule has 3 fully saturated rings. The van der Waals surface area contributed by atoms with E-state index < -0.39 is 0 Å². The molecule has 0 saturated carbocycles. The first-order valence-electron chi connectivity index (χ1n) is 10.8. The van der Waals surface area contributed by atoms with E-state index in [4.69, 9.17) is 9.47 Å². The van der Waals surface area contributed by atoms with Crippen LogP contribution in [0.4, 0.5) is 0 Å². The number of fused-ring (bicyclic) bond motifs is 1. The van der Waals surface area contributed by atoms with Gasteiger partial charge in [-0.15, -0.1) is 0 Å². The van der Waals surface area contributed by atoms with Crippen LogP contribution in [0.1, 0.15) is 31.2 Å². The molecule has 0 N–H and O–H groups in total. The largest absolute Gasteiger partial charge is 0.381 e. The van der Waals surface area contributed by atoms with Crippen LogP contribution in [0.5, 0.6) is 0 Å². The highest BCUT2D eigenvalue weighted by Gasteiger charge is 2.62. The van der Waals surface area contributed by atoms with E-state index in [9.17, 15) is 4.79 Å². The summed E-state index contributed by atoms with van der Waals surface area (Å²) in [6, 6.07) is 8.94. The zero-order chi connectivity index (χ0) is 20.0. The summed E-state index contributed by atoms with van der Waals surface area (Å²) < 4.78 is 13.4. The third-order valence-electron chi connectivity index (χ3n) is 7.32. The number of carbonyl (C=O) groups excluding carboxylic acids is 1. The van der Waals surface area contributed by atoms with Gasteiger partial charge in [0.15, 0.2) is 6.10 Å². The predicted octanol–water partition coefficient (Wildman–Crippen LogP) is 2.55. The standard InChI is InChI=1S/C23H31N3O3/c1-24-15-17(19-5-3-4-6-20(19)24)16-25-11-7-18(8-12-25)26-22(27)21(28-2)23(26)9-13-29-14-10-23/h3-6,15,18,21H,7-14,16H2,1-2H3. The molecule has 6 heteroatoms. The van der Waals surface area contributed by atoms with Gasteiger partial charge in [-0.2, -0.15) is 0 Å². The molecule has 1 spiro atoms. The Morgan fingerprint density at radius 1 is 1.17 bits per heavy atom. The molecule has 1 aromatic carbocycles. The maximum Gasteiger partial charge on any atom is 0.254 e. The second-order valence-electron chi connectivity index (χ2n) is 8.83. The van der Waals surface area contributed by atoms with Crippen LogP contribution in [0.25, 0.3) is 10.9 Å². The van der Waals surface area contributed by atoms with Gasteiger partial charge in [-0.05, 0) is 37.3 Å². The van der Waals surface area contributed by atoms with E-state index in [2.05, 4.69) is 51.9 Å². The Labute approximate surface area is 172 Å². The van der Waals surface area contributed by atoms with E-state index in [1.807, 2.05) is 0 Å². The van der Waals surface area contributed by atoms with E-state index in [1.54, 1.807) is 7.11 Å². The molecule has 0 radical (unpaired) electrons. The number of hydrogen-bond donors (Lipinski definition) is 0. The zero-order valence-corrected chi connectivity index (χ0v) is 17.5. The molecule has 1 atom stereocenters. The maximum absolute atomic E-state index is 12.8. The number of nitrogens with zero attached hydrogens (tertiary/aromatic N) is 3. The molecule has 3 aliphatic heterocycles. The van der Waals surface area contributed by atoms with Crippen molar-refractivity contribution in [1.29, 1.82) is 0 Å². The van der Waals surface area contributed by atoms with Gasteiger partial charge in [0, 0.05) is 70.1 Å². The summed E-state index contributed by atoms with van der Waals surface area (Å²) in [6.07, 6.45) is 5.85. The van der Waals surface area contributed by atoms with Gasteiger partial charge in [0.05, 0.1) is 5.54 Å². The molecular weight excluding hydrogens is 366 g/mol. The fourth-order valence-electron chi connectivity index (χ4n) is 5.86. The van der Waals surface area contributed by atoms with Crippen molar-refractivity contribution in [2.24, 2.45) is 7.05 Å². The Kier molecular flexibility index (Phi) is 4.88. The van der Waals surface area contributed by atoms with Gasteiger partial charge in [0.2, 0.25) is 0 Å². The lowest BCUT2D eigenvalue weighted by Crippen LogP contribution is -2.78. The molecule has 5 rings (SSSR count). The molecule has 1 aromatic heterocycles. The number of likely N-dealkylation sites (tertiary alicyclic amines) is 2. The minimum Gasteiger partial charge on any atom is -0.381 e. The molecule has 0 bridgehead atoms. The number of piperidine rings is 1. The number of hydrogen-bond acceptors (Lipinski definition) is 4. The number of aryl methyl sites for hydroxylation is 1. The van der Waals surface area contributed by atoms with Crippen molar-refractivity contribution in [2.75, 3.05) is 33.4 Å². The summed E-state index contributed by atoms with van der Waals surface area (Å²) in [5.74, 6) is 0.182. The smallest absolute Gasteiger partial charge is 0.254 e. The highest BCUT2D eigenvalue weighted by Crippen LogP contribution is 2.45. The number of methoxy groups -OCH3 is 1. The van der Waals surface area contributed by atoms with Crippen molar-refractivity contribution >= 4 is 16.8 Å². The third-order valence-corrected chi connectivity index (χ3v) is 7.32. The average Bonchev–Trinajstić information content (AvgIpc) is 3.06.